The van der Waals surface area contributed by atoms with Gasteiger partial charge in [0, 0.05) is 18.7 Å². The Hall–Kier alpha value is -0.830. The maximum Gasteiger partial charge on any atom is 0.328 e. The van der Waals surface area contributed by atoms with Crippen LogP contribution in [0.1, 0.15) is 40.0 Å². The summed E-state index contributed by atoms with van der Waals surface area (Å²) in [6.45, 7) is 8.24. The van der Waals surface area contributed by atoms with E-state index in [-0.39, 0.29) is 0 Å². The van der Waals surface area contributed by atoms with Crippen molar-refractivity contribution in [2.45, 2.75) is 46.1 Å². The largest absolute Gasteiger partial charge is 0.478 e. The molecule has 0 saturated heterocycles. The fraction of sp³-hybridized carbons (Fsp3) is 0.750. The Morgan fingerprint density at radius 1 is 1.40 bits per heavy atom. The van der Waals surface area contributed by atoms with Crippen LogP contribution in [-0.2, 0) is 4.79 Å². The van der Waals surface area contributed by atoms with Gasteiger partial charge in [-0.2, -0.15) is 0 Å². The molecule has 0 atom stereocenters. The van der Waals surface area contributed by atoms with E-state index in [2.05, 4.69) is 25.7 Å². The zero-order valence-corrected chi connectivity index (χ0v) is 10.1. The van der Waals surface area contributed by atoms with E-state index in [4.69, 9.17) is 5.11 Å². The van der Waals surface area contributed by atoms with Crippen LogP contribution in [0.25, 0.3) is 0 Å². The summed E-state index contributed by atoms with van der Waals surface area (Å²) in [5.41, 5.74) is 0. The molecule has 15 heavy (non-hydrogen) atoms. The first kappa shape index (κ1) is 14.2. The molecule has 0 amide bonds. The molecule has 1 N–H and O–H groups in total. The van der Waals surface area contributed by atoms with E-state index in [1.54, 1.807) is 6.08 Å². The first-order valence-electron chi connectivity index (χ1n) is 5.71. The maximum absolute atomic E-state index is 10.3. The van der Waals surface area contributed by atoms with Crippen molar-refractivity contribution in [2.24, 2.45) is 0 Å². The Labute approximate surface area is 92.8 Å². The van der Waals surface area contributed by atoms with Crippen molar-refractivity contribution in [1.82, 2.24) is 4.90 Å². The third-order valence-corrected chi connectivity index (χ3v) is 2.38. The molecule has 0 spiro atoms. The molecular formula is C12H23NO2. The fourth-order valence-corrected chi connectivity index (χ4v) is 1.41. The molecule has 0 bridgehead atoms. The number of hydrogen-bond acceptors (Lipinski definition) is 2. The molecule has 0 heterocycles. The van der Waals surface area contributed by atoms with E-state index >= 15 is 0 Å². The van der Waals surface area contributed by atoms with Gasteiger partial charge in [0.15, 0.2) is 0 Å². The minimum absolute atomic E-state index is 0.473. The zero-order valence-electron chi connectivity index (χ0n) is 10.1. The maximum atomic E-state index is 10.3. The lowest BCUT2D eigenvalue weighted by Crippen LogP contribution is -2.32. The lowest BCUT2D eigenvalue weighted by atomic mass is 10.2. The molecule has 0 fully saturated rings. The second-order valence-corrected chi connectivity index (χ2v) is 4.04. The Bertz CT molecular complexity index is 200. The van der Waals surface area contributed by atoms with E-state index in [1.165, 1.54) is 25.3 Å². The molecule has 0 aliphatic rings. The number of hydrogen-bond donors (Lipinski definition) is 1. The molecule has 0 aliphatic carbocycles. The molecule has 0 aromatic rings. The van der Waals surface area contributed by atoms with Crippen LogP contribution in [0.5, 0.6) is 0 Å². The summed E-state index contributed by atoms with van der Waals surface area (Å²) in [5, 5.41) is 8.47. The minimum Gasteiger partial charge on any atom is -0.478 e. The summed E-state index contributed by atoms with van der Waals surface area (Å²) in [6.07, 6.45) is 6.59. The molecule has 0 aliphatic heterocycles. The van der Waals surface area contributed by atoms with Crippen molar-refractivity contribution in [3.8, 4) is 0 Å². The van der Waals surface area contributed by atoms with Gasteiger partial charge in [0.2, 0.25) is 0 Å². The van der Waals surface area contributed by atoms with Gasteiger partial charge in [-0.1, -0.05) is 25.8 Å². The van der Waals surface area contributed by atoms with Crippen molar-refractivity contribution >= 4 is 5.97 Å². The summed E-state index contributed by atoms with van der Waals surface area (Å²) in [5.74, 6) is -0.868. The highest BCUT2D eigenvalue weighted by Gasteiger charge is 2.06. The summed E-state index contributed by atoms with van der Waals surface area (Å²) in [4.78, 5) is 12.6. The topological polar surface area (TPSA) is 40.5 Å². The lowest BCUT2D eigenvalue weighted by molar-refractivity contribution is -0.131. The van der Waals surface area contributed by atoms with Gasteiger partial charge in [-0.05, 0) is 26.8 Å². The predicted molar refractivity (Wildman–Crippen MR) is 63.0 cm³/mol. The average Bonchev–Trinajstić information content (AvgIpc) is 2.15. The molecular weight excluding hydrogens is 190 g/mol. The second-order valence-electron chi connectivity index (χ2n) is 4.04. The van der Waals surface area contributed by atoms with Gasteiger partial charge in [0.05, 0.1) is 0 Å². The number of aliphatic carboxylic acids is 1. The molecule has 88 valence electrons. The monoisotopic (exact) mass is 213 g/mol. The highest BCUT2D eigenvalue weighted by atomic mass is 16.4. The number of rotatable bonds is 8. The van der Waals surface area contributed by atoms with E-state index in [0.29, 0.717) is 6.04 Å². The van der Waals surface area contributed by atoms with Gasteiger partial charge in [-0.25, -0.2) is 4.79 Å². The smallest absolute Gasteiger partial charge is 0.328 e. The average molecular weight is 213 g/mol. The molecule has 0 rings (SSSR count). The normalized spacial score (nSPS) is 11.8. The molecule has 3 heteroatoms. The number of nitrogens with zero attached hydrogens (tertiary/aromatic N) is 1. The van der Waals surface area contributed by atoms with Crippen molar-refractivity contribution in [3.63, 3.8) is 0 Å². The first-order valence-corrected chi connectivity index (χ1v) is 5.71. The SMILES string of the molecule is CCCCCN(CC=CC(=O)O)C(C)C. The Morgan fingerprint density at radius 2 is 2.07 bits per heavy atom. The number of carboxylic acid groups (broad SMARTS) is 1. The molecule has 0 unspecified atom stereocenters. The molecule has 0 aromatic carbocycles. The van der Waals surface area contributed by atoms with Crippen LogP contribution in [0.2, 0.25) is 0 Å². The summed E-state index contributed by atoms with van der Waals surface area (Å²) < 4.78 is 0. The van der Waals surface area contributed by atoms with Gasteiger partial charge in [0.1, 0.15) is 0 Å². The Morgan fingerprint density at radius 3 is 2.53 bits per heavy atom. The Balaban J connectivity index is 3.88. The van der Waals surface area contributed by atoms with Crippen molar-refractivity contribution in [3.05, 3.63) is 12.2 Å². The van der Waals surface area contributed by atoms with Gasteiger partial charge < -0.3 is 5.11 Å². The third kappa shape index (κ3) is 8.18. The van der Waals surface area contributed by atoms with Gasteiger partial charge in [-0.3, -0.25) is 4.90 Å². The van der Waals surface area contributed by atoms with Crippen LogP contribution in [0.4, 0.5) is 0 Å². The van der Waals surface area contributed by atoms with Gasteiger partial charge >= 0.3 is 5.97 Å². The molecule has 0 aromatic heterocycles. The van der Waals surface area contributed by atoms with Crippen LogP contribution in [0.3, 0.4) is 0 Å². The molecule has 0 saturated carbocycles. The third-order valence-electron chi connectivity index (χ3n) is 2.38. The van der Waals surface area contributed by atoms with E-state index in [0.717, 1.165) is 13.1 Å². The standard InChI is InChI=1S/C12H23NO2/c1-4-5-6-9-13(11(2)3)10-7-8-12(14)15/h7-8,11H,4-6,9-10H2,1-3H3,(H,14,15). The summed E-state index contributed by atoms with van der Waals surface area (Å²) in [6, 6.07) is 0.473. The predicted octanol–water partition coefficient (Wildman–Crippen LogP) is 2.53. The highest BCUT2D eigenvalue weighted by molar-refractivity contribution is 5.79. The van der Waals surface area contributed by atoms with Crippen LogP contribution in [0.15, 0.2) is 12.2 Å². The fourth-order valence-electron chi connectivity index (χ4n) is 1.41. The first-order chi connectivity index (χ1) is 7.07. The van der Waals surface area contributed by atoms with Gasteiger partial charge in [0.25, 0.3) is 0 Å². The van der Waals surface area contributed by atoms with Crippen LogP contribution in [-0.4, -0.2) is 35.1 Å². The quantitative estimate of drug-likeness (QED) is 0.497. The van der Waals surface area contributed by atoms with Crippen molar-refractivity contribution < 1.29 is 9.90 Å². The van der Waals surface area contributed by atoms with Crippen molar-refractivity contribution in [1.29, 1.82) is 0 Å². The lowest BCUT2D eigenvalue weighted by Gasteiger charge is -2.24. The van der Waals surface area contributed by atoms with Crippen LogP contribution in [0, 0.1) is 0 Å². The van der Waals surface area contributed by atoms with E-state index in [1.807, 2.05) is 0 Å². The van der Waals surface area contributed by atoms with Crippen LogP contribution < -0.4 is 0 Å². The zero-order chi connectivity index (χ0) is 11.7. The Kier molecular flexibility index (Phi) is 8.01. The van der Waals surface area contributed by atoms with Crippen molar-refractivity contribution in [2.75, 3.05) is 13.1 Å². The number of unbranched alkanes of at least 4 members (excludes halogenated alkanes) is 2. The molecule has 0 radical (unpaired) electrons. The second kappa shape index (κ2) is 8.48. The highest BCUT2D eigenvalue weighted by Crippen LogP contribution is 2.03. The minimum atomic E-state index is -0.868. The number of carboxylic acids is 1. The van der Waals surface area contributed by atoms with Gasteiger partial charge in [-0.15, -0.1) is 0 Å². The van der Waals surface area contributed by atoms with Crippen LogP contribution >= 0.6 is 0 Å². The number of carbonyl (C=O) groups is 1. The van der Waals surface area contributed by atoms with E-state index in [9.17, 15) is 4.79 Å². The summed E-state index contributed by atoms with van der Waals surface area (Å²) in [7, 11) is 0. The summed E-state index contributed by atoms with van der Waals surface area (Å²) >= 11 is 0. The molecule has 3 nitrogen and oxygen atoms in total. The van der Waals surface area contributed by atoms with E-state index < -0.39 is 5.97 Å².